The molecule has 1 aromatic heterocycles. The first-order valence-electron chi connectivity index (χ1n) is 7.64. The van der Waals surface area contributed by atoms with Crippen molar-refractivity contribution in [2.24, 2.45) is 5.92 Å². The number of hydrogen-bond donors (Lipinski definition) is 2. The number of carboxylic acids is 1. The minimum Gasteiger partial charge on any atom is -0.494 e. The molecular formula is C17H20N2O4S. The van der Waals surface area contributed by atoms with Crippen LogP contribution in [0.25, 0.3) is 0 Å². The average molecular weight is 348 g/mol. The standard InChI is InChI=1S/C17H20N2O4S/c1-3-23-14-6-4-12(5-7-14)8-13(17(21)22)9-19-16(20)15-10-18-11(2)24-15/h4-7,10,13H,3,8-9H2,1-2H3,(H,19,20)(H,21,22). The van der Waals surface area contributed by atoms with Gasteiger partial charge in [-0.2, -0.15) is 0 Å². The molecular weight excluding hydrogens is 328 g/mol. The zero-order valence-corrected chi connectivity index (χ0v) is 14.4. The molecule has 2 N–H and O–H groups in total. The van der Waals surface area contributed by atoms with Crippen molar-refractivity contribution in [3.8, 4) is 5.75 Å². The van der Waals surface area contributed by atoms with Gasteiger partial charge in [0.1, 0.15) is 10.6 Å². The van der Waals surface area contributed by atoms with Gasteiger partial charge in [-0.15, -0.1) is 11.3 Å². The highest BCUT2D eigenvalue weighted by Crippen LogP contribution is 2.16. The molecule has 2 aromatic rings. The van der Waals surface area contributed by atoms with Gasteiger partial charge in [0, 0.05) is 6.54 Å². The Morgan fingerprint density at radius 2 is 2.04 bits per heavy atom. The van der Waals surface area contributed by atoms with Crippen molar-refractivity contribution < 1.29 is 19.4 Å². The maximum Gasteiger partial charge on any atom is 0.308 e. The minimum absolute atomic E-state index is 0.0678. The maximum atomic E-state index is 12.0. The molecule has 0 saturated heterocycles. The number of aromatic nitrogens is 1. The van der Waals surface area contributed by atoms with E-state index in [4.69, 9.17) is 4.74 Å². The summed E-state index contributed by atoms with van der Waals surface area (Å²) in [6, 6.07) is 7.32. The number of ether oxygens (including phenoxy) is 1. The lowest BCUT2D eigenvalue weighted by Crippen LogP contribution is -2.33. The van der Waals surface area contributed by atoms with Gasteiger partial charge >= 0.3 is 5.97 Å². The third-order valence-electron chi connectivity index (χ3n) is 3.42. The zero-order valence-electron chi connectivity index (χ0n) is 13.6. The van der Waals surface area contributed by atoms with Crippen LogP contribution in [0.15, 0.2) is 30.5 Å². The molecule has 1 atom stereocenters. The molecule has 1 aromatic carbocycles. The Kier molecular flexibility index (Phi) is 6.31. The molecule has 0 aliphatic heterocycles. The predicted octanol–water partition coefficient (Wildman–Crippen LogP) is 2.52. The molecule has 1 heterocycles. The molecule has 0 fully saturated rings. The summed E-state index contributed by atoms with van der Waals surface area (Å²) >= 11 is 1.28. The number of hydrogen-bond acceptors (Lipinski definition) is 5. The normalized spacial score (nSPS) is 11.8. The lowest BCUT2D eigenvalue weighted by Gasteiger charge is -2.13. The number of nitrogens with zero attached hydrogens (tertiary/aromatic N) is 1. The van der Waals surface area contributed by atoms with Crippen molar-refractivity contribution in [2.45, 2.75) is 20.3 Å². The molecule has 7 heteroatoms. The van der Waals surface area contributed by atoms with Gasteiger partial charge in [-0.3, -0.25) is 9.59 Å². The number of aryl methyl sites for hydroxylation is 1. The Balaban J connectivity index is 1.94. The van der Waals surface area contributed by atoms with E-state index in [1.165, 1.54) is 17.5 Å². The number of carbonyl (C=O) groups is 2. The molecule has 6 nitrogen and oxygen atoms in total. The molecule has 0 radical (unpaired) electrons. The van der Waals surface area contributed by atoms with Gasteiger partial charge in [0.05, 0.1) is 23.7 Å². The fourth-order valence-electron chi connectivity index (χ4n) is 2.19. The maximum absolute atomic E-state index is 12.0. The van der Waals surface area contributed by atoms with Crippen LogP contribution < -0.4 is 10.1 Å². The first-order chi connectivity index (χ1) is 11.5. The summed E-state index contributed by atoms with van der Waals surface area (Å²) in [5, 5.41) is 12.8. The van der Waals surface area contributed by atoms with Gasteiger partial charge in [-0.05, 0) is 38.0 Å². The van der Waals surface area contributed by atoms with E-state index in [-0.39, 0.29) is 12.5 Å². The van der Waals surface area contributed by atoms with Crippen molar-refractivity contribution >= 4 is 23.2 Å². The number of aliphatic carboxylic acids is 1. The summed E-state index contributed by atoms with van der Waals surface area (Å²) in [4.78, 5) is 27.9. The van der Waals surface area contributed by atoms with Crippen molar-refractivity contribution in [1.29, 1.82) is 0 Å². The van der Waals surface area contributed by atoms with E-state index in [9.17, 15) is 14.7 Å². The quantitative estimate of drug-likeness (QED) is 0.765. The van der Waals surface area contributed by atoms with Crippen molar-refractivity contribution in [2.75, 3.05) is 13.2 Å². The van der Waals surface area contributed by atoms with Crippen LogP contribution in [0.1, 0.15) is 27.2 Å². The van der Waals surface area contributed by atoms with E-state index in [0.717, 1.165) is 16.3 Å². The van der Waals surface area contributed by atoms with Crippen LogP contribution in [0.4, 0.5) is 0 Å². The fraction of sp³-hybridized carbons (Fsp3) is 0.353. The summed E-state index contributed by atoms with van der Waals surface area (Å²) in [5.41, 5.74) is 0.883. The Hall–Kier alpha value is -2.41. The van der Waals surface area contributed by atoms with Gasteiger partial charge in [0.2, 0.25) is 0 Å². The third-order valence-corrected chi connectivity index (χ3v) is 4.33. The molecule has 2 rings (SSSR count). The largest absolute Gasteiger partial charge is 0.494 e. The van der Waals surface area contributed by atoms with Crippen LogP contribution in [0.2, 0.25) is 0 Å². The van der Waals surface area contributed by atoms with Crippen molar-refractivity contribution in [3.05, 3.63) is 45.9 Å². The molecule has 0 bridgehead atoms. The van der Waals surface area contributed by atoms with Crippen molar-refractivity contribution in [3.63, 3.8) is 0 Å². The molecule has 1 unspecified atom stereocenters. The van der Waals surface area contributed by atoms with Crippen LogP contribution in [0, 0.1) is 12.8 Å². The number of rotatable bonds is 8. The smallest absolute Gasteiger partial charge is 0.308 e. The first-order valence-corrected chi connectivity index (χ1v) is 8.46. The Morgan fingerprint density at radius 3 is 2.58 bits per heavy atom. The Morgan fingerprint density at radius 1 is 1.33 bits per heavy atom. The van der Waals surface area contributed by atoms with Gasteiger partial charge in [-0.25, -0.2) is 4.98 Å². The number of thiazole rings is 1. The average Bonchev–Trinajstić information content (AvgIpc) is 2.99. The summed E-state index contributed by atoms with van der Waals surface area (Å²) in [7, 11) is 0. The van der Waals surface area contributed by atoms with Crippen molar-refractivity contribution in [1.82, 2.24) is 10.3 Å². The van der Waals surface area contributed by atoms with Gasteiger partial charge in [0.25, 0.3) is 5.91 Å². The Bertz CT molecular complexity index is 697. The number of carbonyl (C=O) groups excluding carboxylic acids is 1. The third kappa shape index (κ3) is 5.06. The SMILES string of the molecule is CCOc1ccc(CC(CNC(=O)c2cnc(C)s2)C(=O)O)cc1. The number of amides is 1. The molecule has 0 spiro atoms. The van der Waals surface area contributed by atoms with E-state index >= 15 is 0 Å². The predicted molar refractivity (Wildman–Crippen MR) is 91.6 cm³/mol. The lowest BCUT2D eigenvalue weighted by atomic mass is 9.99. The topological polar surface area (TPSA) is 88.5 Å². The number of nitrogens with one attached hydrogen (secondary N) is 1. The minimum atomic E-state index is -0.940. The molecule has 1 amide bonds. The second kappa shape index (κ2) is 8.44. The summed E-state index contributed by atoms with van der Waals surface area (Å²) in [5.74, 6) is -1.17. The second-order valence-corrected chi connectivity index (χ2v) is 6.50. The van der Waals surface area contributed by atoms with Crippen LogP contribution in [-0.4, -0.2) is 35.1 Å². The highest BCUT2D eigenvalue weighted by atomic mass is 32.1. The first kappa shape index (κ1) is 17.9. The second-order valence-electron chi connectivity index (χ2n) is 5.27. The molecule has 0 aliphatic rings. The van der Waals surface area contributed by atoms with Crippen LogP contribution in [0.3, 0.4) is 0 Å². The Labute approximate surface area is 144 Å². The van der Waals surface area contributed by atoms with E-state index < -0.39 is 11.9 Å². The fourth-order valence-corrected chi connectivity index (χ4v) is 2.88. The van der Waals surface area contributed by atoms with E-state index in [2.05, 4.69) is 10.3 Å². The molecule has 0 aliphatic carbocycles. The highest BCUT2D eigenvalue weighted by Gasteiger charge is 2.20. The van der Waals surface area contributed by atoms with Gasteiger partial charge in [-0.1, -0.05) is 12.1 Å². The van der Waals surface area contributed by atoms with Gasteiger partial charge < -0.3 is 15.2 Å². The van der Waals surface area contributed by atoms with Crippen LogP contribution in [-0.2, 0) is 11.2 Å². The monoisotopic (exact) mass is 348 g/mol. The summed E-state index contributed by atoms with van der Waals surface area (Å²) < 4.78 is 5.37. The van der Waals surface area contributed by atoms with E-state index in [0.29, 0.717) is 17.9 Å². The summed E-state index contributed by atoms with van der Waals surface area (Å²) in [6.45, 7) is 4.37. The van der Waals surface area contributed by atoms with Crippen LogP contribution >= 0.6 is 11.3 Å². The van der Waals surface area contributed by atoms with Gasteiger partial charge in [0.15, 0.2) is 0 Å². The molecule has 128 valence electrons. The van der Waals surface area contributed by atoms with Crippen LogP contribution in [0.5, 0.6) is 5.75 Å². The van der Waals surface area contributed by atoms with E-state index in [1.54, 1.807) is 0 Å². The molecule has 24 heavy (non-hydrogen) atoms. The highest BCUT2D eigenvalue weighted by molar-refractivity contribution is 7.13. The number of carboxylic acid groups (broad SMARTS) is 1. The molecule has 0 saturated carbocycles. The number of benzene rings is 1. The lowest BCUT2D eigenvalue weighted by molar-refractivity contribution is -0.141. The summed E-state index contributed by atoms with van der Waals surface area (Å²) in [6.07, 6.45) is 1.83. The van der Waals surface area contributed by atoms with E-state index in [1.807, 2.05) is 38.1 Å². The zero-order chi connectivity index (χ0) is 17.5.